The summed E-state index contributed by atoms with van der Waals surface area (Å²) in [7, 11) is 0. The van der Waals surface area contributed by atoms with Gasteiger partial charge in [0.2, 0.25) is 5.91 Å². The van der Waals surface area contributed by atoms with E-state index in [-0.39, 0.29) is 5.91 Å². The molecule has 0 saturated carbocycles. The molecule has 1 aromatic carbocycles. The van der Waals surface area contributed by atoms with Gasteiger partial charge in [-0.25, -0.2) is 4.68 Å². The van der Waals surface area contributed by atoms with E-state index >= 15 is 0 Å². The quantitative estimate of drug-likeness (QED) is 0.613. The van der Waals surface area contributed by atoms with Crippen LogP contribution in [0.4, 0.5) is 5.82 Å². The first-order valence-corrected chi connectivity index (χ1v) is 8.19. The van der Waals surface area contributed by atoms with Crippen LogP contribution in [0.15, 0.2) is 60.9 Å². The molecule has 0 aliphatic heterocycles. The summed E-state index contributed by atoms with van der Waals surface area (Å²) in [5.74, 6) is 1.37. The van der Waals surface area contributed by atoms with Crippen LogP contribution in [0.5, 0.6) is 0 Å². The number of hydrogen-bond acceptors (Lipinski definition) is 5. The molecule has 128 valence electrons. The Balaban J connectivity index is 1.35. The highest BCUT2D eigenvalue weighted by Crippen LogP contribution is 2.05. The van der Waals surface area contributed by atoms with E-state index in [2.05, 4.69) is 25.9 Å². The van der Waals surface area contributed by atoms with E-state index in [1.165, 1.54) is 5.56 Å². The van der Waals surface area contributed by atoms with Gasteiger partial charge in [0.25, 0.3) is 0 Å². The van der Waals surface area contributed by atoms with Gasteiger partial charge in [-0.1, -0.05) is 30.3 Å². The lowest BCUT2D eigenvalue weighted by molar-refractivity contribution is -0.120. The molecule has 0 aliphatic rings. The Labute approximate surface area is 146 Å². The fraction of sp³-hybridized carbons (Fsp3) is 0.222. The molecular weight excluding hydrogens is 316 g/mol. The zero-order valence-electron chi connectivity index (χ0n) is 13.8. The van der Waals surface area contributed by atoms with E-state index < -0.39 is 0 Å². The summed E-state index contributed by atoms with van der Waals surface area (Å²) in [5, 5.41) is 18.3. The maximum Gasteiger partial charge on any atom is 0.220 e. The van der Waals surface area contributed by atoms with Crippen LogP contribution in [0, 0.1) is 0 Å². The highest BCUT2D eigenvalue weighted by molar-refractivity contribution is 5.76. The zero-order valence-corrected chi connectivity index (χ0v) is 13.8. The first-order valence-electron chi connectivity index (χ1n) is 8.19. The summed E-state index contributed by atoms with van der Waals surface area (Å²) >= 11 is 0. The van der Waals surface area contributed by atoms with Crippen LogP contribution in [0.3, 0.4) is 0 Å². The van der Waals surface area contributed by atoms with Crippen molar-refractivity contribution in [2.45, 2.75) is 12.8 Å². The van der Waals surface area contributed by atoms with Gasteiger partial charge >= 0.3 is 0 Å². The Hall–Kier alpha value is -3.22. The Morgan fingerprint density at radius 3 is 2.60 bits per heavy atom. The van der Waals surface area contributed by atoms with Crippen LogP contribution in [0.25, 0.3) is 5.82 Å². The smallest absolute Gasteiger partial charge is 0.220 e. The number of aryl methyl sites for hydroxylation is 1. The van der Waals surface area contributed by atoms with Gasteiger partial charge in [0.15, 0.2) is 5.82 Å². The second kappa shape index (κ2) is 8.58. The maximum absolute atomic E-state index is 11.8. The largest absolute Gasteiger partial charge is 0.367 e. The van der Waals surface area contributed by atoms with Gasteiger partial charge in [-0.3, -0.25) is 4.79 Å². The number of aromatic nitrogens is 4. The number of nitrogens with zero attached hydrogens (tertiary/aromatic N) is 4. The molecule has 0 unspecified atom stereocenters. The van der Waals surface area contributed by atoms with E-state index in [0.717, 1.165) is 6.42 Å². The number of benzene rings is 1. The molecular formula is C18H20N6O. The number of nitrogens with one attached hydrogen (secondary N) is 2. The molecule has 0 aliphatic carbocycles. The second-order valence-corrected chi connectivity index (χ2v) is 5.49. The van der Waals surface area contributed by atoms with Crippen molar-refractivity contribution in [3.05, 3.63) is 66.5 Å². The van der Waals surface area contributed by atoms with Crippen molar-refractivity contribution in [1.82, 2.24) is 25.3 Å². The van der Waals surface area contributed by atoms with Gasteiger partial charge in [-0.2, -0.15) is 5.10 Å². The van der Waals surface area contributed by atoms with Crippen molar-refractivity contribution in [2.24, 2.45) is 0 Å². The van der Waals surface area contributed by atoms with Gasteiger partial charge < -0.3 is 10.6 Å². The second-order valence-electron chi connectivity index (χ2n) is 5.49. The molecule has 7 nitrogen and oxygen atoms in total. The van der Waals surface area contributed by atoms with Crippen molar-refractivity contribution in [1.29, 1.82) is 0 Å². The third-order valence-corrected chi connectivity index (χ3v) is 3.63. The normalized spacial score (nSPS) is 10.4. The number of rotatable bonds is 8. The monoisotopic (exact) mass is 336 g/mol. The molecule has 0 spiro atoms. The SMILES string of the molecule is O=C(CCc1ccccc1)NCCNc1ccc(-n2cccn2)nn1. The number of amides is 1. The molecule has 0 radical (unpaired) electrons. The summed E-state index contributed by atoms with van der Waals surface area (Å²) in [6.07, 6.45) is 4.74. The fourth-order valence-electron chi connectivity index (χ4n) is 2.33. The fourth-order valence-corrected chi connectivity index (χ4v) is 2.33. The molecule has 1 amide bonds. The highest BCUT2D eigenvalue weighted by Gasteiger charge is 2.02. The third-order valence-electron chi connectivity index (χ3n) is 3.63. The van der Waals surface area contributed by atoms with Crippen molar-refractivity contribution in [2.75, 3.05) is 18.4 Å². The van der Waals surface area contributed by atoms with Crippen LogP contribution >= 0.6 is 0 Å². The Bertz CT molecular complexity index is 771. The van der Waals surface area contributed by atoms with Crippen LogP contribution in [-0.2, 0) is 11.2 Å². The standard InChI is InChI=1S/C18H20N6O/c25-18(10-7-15-5-2-1-3-6-15)20-13-12-19-16-8-9-17(23-22-16)24-14-4-11-21-24/h1-6,8-9,11,14H,7,10,12-13H2,(H,19,22)(H,20,25). The van der Waals surface area contributed by atoms with Gasteiger partial charge in [-0.05, 0) is 30.2 Å². The van der Waals surface area contributed by atoms with Gasteiger partial charge in [0.05, 0.1) is 0 Å². The Morgan fingerprint density at radius 1 is 1.00 bits per heavy atom. The Morgan fingerprint density at radius 2 is 1.88 bits per heavy atom. The number of anilines is 1. The Kier molecular flexibility index (Phi) is 5.71. The van der Waals surface area contributed by atoms with Crippen LogP contribution in [-0.4, -0.2) is 39.0 Å². The van der Waals surface area contributed by atoms with Crippen molar-refractivity contribution >= 4 is 11.7 Å². The lowest BCUT2D eigenvalue weighted by Gasteiger charge is -2.07. The lowest BCUT2D eigenvalue weighted by Crippen LogP contribution is -2.29. The molecule has 0 saturated heterocycles. The average Bonchev–Trinajstić information content (AvgIpc) is 3.20. The summed E-state index contributed by atoms with van der Waals surface area (Å²) in [6, 6.07) is 15.5. The molecule has 2 heterocycles. The van der Waals surface area contributed by atoms with E-state index in [9.17, 15) is 4.79 Å². The molecule has 0 fully saturated rings. The summed E-state index contributed by atoms with van der Waals surface area (Å²) in [6.45, 7) is 1.13. The summed E-state index contributed by atoms with van der Waals surface area (Å²) in [4.78, 5) is 11.8. The molecule has 2 N–H and O–H groups in total. The molecule has 7 heteroatoms. The van der Waals surface area contributed by atoms with Gasteiger partial charge in [-0.15, -0.1) is 10.2 Å². The molecule has 3 rings (SSSR count). The molecule has 2 aromatic heterocycles. The lowest BCUT2D eigenvalue weighted by atomic mass is 10.1. The molecule has 25 heavy (non-hydrogen) atoms. The predicted molar refractivity (Wildman–Crippen MR) is 95.4 cm³/mol. The van der Waals surface area contributed by atoms with Crippen LogP contribution in [0.1, 0.15) is 12.0 Å². The maximum atomic E-state index is 11.8. The van der Waals surface area contributed by atoms with Crippen molar-refractivity contribution in [3.8, 4) is 5.82 Å². The topological polar surface area (TPSA) is 84.7 Å². The number of carbonyl (C=O) groups is 1. The molecule has 3 aromatic rings. The van der Waals surface area contributed by atoms with Crippen LogP contribution in [0.2, 0.25) is 0 Å². The third kappa shape index (κ3) is 5.13. The van der Waals surface area contributed by atoms with E-state index in [1.54, 1.807) is 10.9 Å². The van der Waals surface area contributed by atoms with Gasteiger partial charge in [0.1, 0.15) is 5.82 Å². The summed E-state index contributed by atoms with van der Waals surface area (Å²) in [5.41, 5.74) is 1.17. The van der Waals surface area contributed by atoms with E-state index in [1.807, 2.05) is 54.7 Å². The number of hydrogen-bond donors (Lipinski definition) is 2. The van der Waals surface area contributed by atoms with Crippen LogP contribution < -0.4 is 10.6 Å². The van der Waals surface area contributed by atoms with E-state index in [0.29, 0.717) is 31.1 Å². The average molecular weight is 336 g/mol. The minimum atomic E-state index is 0.0470. The minimum absolute atomic E-state index is 0.0470. The summed E-state index contributed by atoms with van der Waals surface area (Å²) < 4.78 is 1.64. The molecule has 0 bridgehead atoms. The first kappa shape index (κ1) is 16.6. The van der Waals surface area contributed by atoms with Gasteiger partial charge in [0, 0.05) is 31.9 Å². The van der Waals surface area contributed by atoms with E-state index in [4.69, 9.17) is 0 Å². The predicted octanol–water partition coefficient (Wildman–Crippen LogP) is 1.82. The zero-order chi connectivity index (χ0) is 17.3. The highest BCUT2D eigenvalue weighted by atomic mass is 16.1. The number of carbonyl (C=O) groups excluding carboxylic acids is 1. The van der Waals surface area contributed by atoms with Crippen molar-refractivity contribution in [3.63, 3.8) is 0 Å². The van der Waals surface area contributed by atoms with Crippen molar-refractivity contribution < 1.29 is 4.79 Å². The molecule has 0 atom stereocenters. The first-order chi connectivity index (χ1) is 12.3. The minimum Gasteiger partial charge on any atom is -0.367 e.